The van der Waals surface area contributed by atoms with Crippen molar-refractivity contribution in [3.8, 4) is 0 Å². The molecule has 3 rings (SSSR count). The molecular weight excluding hydrogens is 427 g/mol. The van der Waals surface area contributed by atoms with Crippen molar-refractivity contribution in [2.75, 3.05) is 39.8 Å². The van der Waals surface area contributed by atoms with E-state index in [-0.39, 0.29) is 24.0 Å². The molecular formula is C19H27IN4O. The lowest BCUT2D eigenvalue weighted by atomic mass is 10.2. The van der Waals surface area contributed by atoms with E-state index in [4.69, 9.17) is 4.42 Å². The van der Waals surface area contributed by atoms with Gasteiger partial charge >= 0.3 is 0 Å². The van der Waals surface area contributed by atoms with Crippen LogP contribution in [0.25, 0.3) is 0 Å². The Bertz CT molecular complexity index is 622. The Kier molecular flexibility index (Phi) is 8.27. The maximum Gasteiger partial charge on any atom is 0.193 e. The van der Waals surface area contributed by atoms with Gasteiger partial charge in [-0.3, -0.25) is 9.89 Å². The second kappa shape index (κ2) is 10.5. The minimum atomic E-state index is 0. The SMILES string of the molecule is CN=C(NCCc1ccco1)N1CCN(Cc2ccccc2)CC1.I. The number of piperazine rings is 1. The third-order valence-corrected chi connectivity index (χ3v) is 4.37. The monoisotopic (exact) mass is 454 g/mol. The summed E-state index contributed by atoms with van der Waals surface area (Å²) in [6.07, 6.45) is 2.59. The summed E-state index contributed by atoms with van der Waals surface area (Å²) in [5.41, 5.74) is 1.38. The smallest absolute Gasteiger partial charge is 0.193 e. The molecule has 0 atom stereocenters. The van der Waals surface area contributed by atoms with Gasteiger partial charge in [-0.05, 0) is 17.7 Å². The first-order valence-corrected chi connectivity index (χ1v) is 8.59. The average Bonchev–Trinajstić information content (AvgIpc) is 3.14. The first-order chi connectivity index (χ1) is 11.8. The molecule has 136 valence electrons. The first-order valence-electron chi connectivity index (χ1n) is 8.59. The fourth-order valence-electron chi connectivity index (χ4n) is 3.04. The van der Waals surface area contributed by atoms with Crippen LogP contribution in [-0.4, -0.2) is 55.5 Å². The van der Waals surface area contributed by atoms with Crippen LogP contribution in [0.3, 0.4) is 0 Å². The molecule has 0 aliphatic carbocycles. The van der Waals surface area contributed by atoms with Crippen molar-refractivity contribution in [2.24, 2.45) is 4.99 Å². The molecule has 0 bridgehead atoms. The topological polar surface area (TPSA) is 44.0 Å². The highest BCUT2D eigenvalue weighted by Crippen LogP contribution is 2.08. The number of aliphatic imine (C=N–C) groups is 1. The Hall–Kier alpha value is -1.54. The number of guanidine groups is 1. The lowest BCUT2D eigenvalue weighted by Gasteiger charge is -2.36. The predicted octanol–water partition coefficient (Wildman–Crippen LogP) is 2.83. The van der Waals surface area contributed by atoms with Crippen LogP contribution < -0.4 is 5.32 Å². The van der Waals surface area contributed by atoms with Crippen LogP contribution in [-0.2, 0) is 13.0 Å². The van der Waals surface area contributed by atoms with E-state index in [1.165, 1.54) is 5.56 Å². The molecule has 0 radical (unpaired) electrons. The number of nitrogens with zero attached hydrogens (tertiary/aromatic N) is 3. The first kappa shape index (κ1) is 19.8. The van der Waals surface area contributed by atoms with E-state index in [9.17, 15) is 0 Å². The lowest BCUT2D eigenvalue weighted by molar-refractivity contribution is 0.172. The predicted molar refractivity (Wildman–Crippen MR) is 112 cm³/mol. The van der Waals surface area contributed by atoms with Crippen LogP contribution in [0.1, 0.15) is 11.3 Å². The number of rotatable bonds is 5. The van der Waals surface area contributed by atoms with Gasteiger partial charge in [0.25, 0.3) is 0 Å². The standard InChI is InChI=1S/C19H26N4O.HI/c1-20-19(21-10-9-18-8-5-15-24-18)23-13-11-22(12-14-23)16-17-6-3-2-4-7-17;/h2-8,15H,9-14,16H2,1H3,(H,20,21);1H. The van der Waals surface area contributed by atoms with Gasteiger partial charge in [-0.25, -0.2) is 0 Å². The molecule has 2 aromatic rings. The maximum atomic E-state index is 5.36. The van der Waals surface area contributed by atoms with Gasteiger partial charge in [-0.15, -0.1) is 24.0 Å². The lowest BCUT2D eigenvalue weighted by Crippen LogP contribution is -2.52. The Labute approximate surface area is 167 Å². The molecule has 6 heteroatoms. The summed E-state index contributed by atoms with van der Waals surface area (Å²) in [5.74, 6) is 1.99. The van der Waals surface area contributed by atoms with E-state index in [0.29, 0.717) is 0 Å². The summed E-state index contributed by atoms with van der Waals surface area (Å²) in [6.45, 7) is 6.01. The third-order valence-electron chi connectivity index (χ3n) is 4.37. The fraction of sp³-hybridized carbons (Fsp3) is 0.421. The Morgan fingerprint density at radius 2 is 1.84 bits per heavy atom. The van der Waals surface area contributed by atoms with Gasteiger partial charge in [0.1, 0.15) is 5.76 Å². The molecule has 1 aliphatic rings. The molecule has 1 aliphatic heterocycles. The highest BCUT2D eigenvalue weighted by atomic mass is 127. The second-order valence-electron chi connectivity index (χ2n) is 6.05. The van der Waals surface area contributed by atoms with Crippen molar-refractivity contribution in [1.29, 1.82) is 0 Å². The largest absolute Gasteiger partial charge is 0.469 e. The number of hydrogen-bond donors (Lipinski definition) is 1. The molecule has 1 aromatic heterocycles. The summed E-state index contributed by atoms with van der Waals surface area (Å²) in [4.78, 5) is 9.26. The molecule has 0 spiro atoms. The van der Waals surface area contributed by atoms with Crippen LogP contribution in [0, 0.1) is 0 Å². The zero-order valence-electron chi connectivity index (χ0n) is 14.7. The third kappa shape index (κ3) is 6.04. The van der Waals surface area contributed by atoms with Crippen molar-refractivity contribution in [3.05, 3.63) is 60.1 Å². The van der Waals surface area contributed by atoms with Crippen LogP contribution in [0.4, 0.5) is 0 Å². The molecule has 2 heterocycles. The fourth-order valence-corrected chi connectivity index (χ4v) is 3.04. The van der Waals surface area contributed by atoms with Crippen LogP contribution in [0.15, 0.2) is 58.1 Å². The minimum absolute atomic E-state index is 0. The molecule has 0 unspecified atom stereocenters. The zero-order valence-corrected chi connectivity index (χ0v) is 17.1. The summed E-state index contributed by atoms with van der Waals surface area (Å²) in [7, 11) is 1.85. The number of furan rings is 1. The van der Waals surface area contributed by atoms with Gasteiger partial charge in [0.2, 0.25) is 0 Å². The number of hydrogen-bond acceptors (Lipinski definition) is 3. The zero-order chi connectivity index (χ0) is 16.6. The van der Waals surface area contributed by atoms with Gasteiger partial charge < -0.3 is 14.6 Å². The van der Waals surface area contributed by atoms with Crippen LogP contribution >= 0.6 is 24.0 Å². The van der Waals surface area contributed by atoms with Gasteiger partial charge in [-0.2, -0.15) is 0 Å². The Morgan fingerprint density at radius 3 is 2.48 bits per heavy atom. The normalized spacial score (nSPS) is 15.7. The highest BCUT2D eigenvalue weighted by Gasteiger charge is 2.19. The van der Waals surface area contributed by atoms with Crippen molar-refractivity contribution < 1.29 is 4.42 Å². The van der Waals surface area contributed by atoms with Gasteiger partial charge in [-0.1, -0.05) is 30.3 Å². The van der Waals surface area contributed by atoms with E-state index in [2.05, 4.69) is 50.4 Å². The van der Waals surface area contributed by atoms with Crippen molar-refractivity contribution in [2.45, 2.75) is 13.0 Å². The van der Waals surface area contributed by atoms with Gasteiger partial charge in [0.15, 0.2) is 5.96 Å². The molecule has 1 fully saturated rings. The number of halogens is 1. The molecule has 0 saturated carbocycles. The van der Waals surface area contributed by atoms with E-state index in [1.54, 1.807) is 6.26 Å². The van der Waals surface area contributed by atoms with Crippen LogP contribution in [0.2, 0.25) is 0 Å². The van der Waals surface area contributed by atoms with Crippen molar-refractivity contribution >= 4 is 29.9 Å². The van der Waals surface area contributed by atoms with Crippen molar-refractivity contribution in [1.82, 2.24) is 15.1 Å². The highest BCUT2D eigenvalue weighted by molar-refractivity contribution is 14.0. The molecule has 1 aromatic carbocycles. The molecule has 5 nitrogen and oxygen atoms in total. The second-order valence-corrected chi connectivity index (χ2v) is 6.05. The average molecular weight is 454 g/mol. The Balaban J connectivity index is 0.00000225. The van der Waals surface area contributed by atoms with Crippen molar-refractivity contribution in [3.63, 3.8) is 0 Å². The van der Waals surface area contributed by atoms with Gasteiger partial charge in [0.05, 0.1) is 6.26 Å². The Morgan fingerprint density at radius 1 is 1.08 bits per heavy atom. The van der Waals surface area contributed by atoms with E-state index in [1.807, 2.05) is 19.2 Å². The number of nitrogens with one attached hydrogen (secondary N) is 1. The molecule has 1 saturated heterocycles. The quantitative estimate of drug-likeness (QED) is 0.429. The summed E-state index contributed by atoms with van der Waals surface area (Å²) >= 11 is 0. The molecule has 1 N–H and O–H groups in total. The minimum Gasteiger partial charge on any atom is -0.469 e. The molecule has 0 amide bonds. The van der Waals surface area contributed by atoms with E-state index in [0.717, 1.165) is 57.4 Å². The van der Waals surface area contributed by atoms with E-state index < -0.39 is 0 Å². The van der Waals surface area contributed by atoms with Gasteiger partial charge in [0, 0.05) is 52.7 Å². The summed E-state index contributed by atoms with van der Waals surface area (Å²) < 4.78 is 5.36. The molecule has 25 heavy (non-hydrogen) atoms. The maximum absolute atomic E-state index is 5.36. The summed E-state index contributed by atoms with van der Waals surface area (Å²) in [6, 6.07) is 14.6. The van der Waals surface area contributed by atoms with Crippen LogP contribution in [0.5, 0.6) is 0 Å². The summed E-state index contributed by atoms with van der Waals surface area (Å²) in [5, 5.41) is 3.44. The van der Waals surface area contributed by atoms with E-state index >= 15 is 0 Å². The number of benzene rings is 1.